The van der Waals surface area contributed by atoms with Crippen LogP contribution in [0, 0.1) is 6.92 Å². The largest absolute Gasteiger partial charge is 0.497 e. The molecule has 1 aromatic heterocycles. The van der Waals surface area contributed by atoms with Gasteiger partial charge in [-0.15, -0.1) is 0 Å². The quantitative estimate of drug-likeness (QED) is 0.528. The summed E-state index contributed by atoms with van der Waals surface area (Å²) in [5.74, 6) is 0.642. The summed E-state index contributed by atoms with van der Waals surface area (Å²) in [4.78, 5) is 39.0. The number of carbonyl (C=O) groups excluding carboxylic acids is 3. The van der Waals surface area contributed by atoms with E-state index in [2.05, 4.69) is 15.8 Å². The lowest BCUT2D eigenvalue weighted by molar-refractivity contribution is -0.137. The van der Waals surface area contributed by atoms with Gasteiger partial charge in [-0.25, -0.2) is 0 Å². The number of amides is 3. The molecule has 1 aliphatic heterocycles. The summed E-state index contributed by atoms with van der Waals surface area (Å²) < 4.78 is 15.6. The van der Waals surface area contributed by atoms with Gasteiger partial charge in [0.1, 0.15) is 11.5 Å². The number of hydrogen-bond acceptors (Lipinski definition) is 7. The highest BCUT2D eigenvalue weighted by Crippen LogP contribution is 2.15. The zero-order valence-electron chi connectivity index (χ0n) is 19.0. The average Bonchev–Trinajstić information content (AvgIpc) is 3.47. The van der Waals surface area contributed by atoms with E-state index in [0.717, 1.165) is 18.4 Å². The van der Waals surface area contributed by atoms with Crippen LogP contribution in [0.3, 0.4) is 0 Å². The highest BCUT2D eigenvalue weighted by Gasteiger charge is 2.21. The number of anilines is 1. The summed E-state index contributed by atoms with van der Waals surface area (Å²) in [6.45, 7) is 2.97. The molecular weight excluding hydrogens is 428 g/mol. The van der Waals surface area contributed by atoms with Crippen LogP contribution in [0.5, 0.6) is 5.75 Å². The lowest BCUT2D eigenvalue weighted by Crippen LogP contribution is -2.42. The zero-order chi connectivity index (χ0) is 23.6. The fraction of sp³-hybridized carbons (Fsp3) is 0.478. The van der Waals surface area contributed by atoms with Gasteiger partial charge >= 0.3 is 0 Å². The van der Waals surface area contributed by atoms with Crippen LogP contribution in [-0.2, 0) is 25.7 Å². The minimum Gasteiger partial charge on any atom is -0.497 e. The first-order valence-corrected chi connectivity index (χ1v) is 10.9. The Labute approximate surface area is 192 Å². The second kappa shape index (κ2) is 12.0. The lowest BCUT2D eigenvalue weighted by atomic mass is 10.1. The summed E-state index contributed by atoms with van der Waals surface area (Å²) in [6, 6.07) is 8.85. The van der Waals surface area contributed by atoms with Crippen LogP contribution in [0.25, 0.3) is 0 Å². The van der Waals surface area contributed by atoms with Gasteiger partial charge in [0.15, 0.2) is 5.82 Å². The molecule has 178 valence electrons. The molecule has 1 aliphatic rings. The van der Waals surface area contributed by atoms with Gasteiger partial charge in [-0.05, 0) is 37.5 Å². The molecule has 0 spiro atoms. The van der Waals surface area contributed by atoms with E-state index >= 15 is 0 Å². The summed E-state index contributed by atoms with van der Waals surface area (Å²) in [5.41, 5.74) is 0.846. The standard InChI is InChI=1S/C23H30N4O6/c1-16-12-20(26-33-16)25-21(28)9-10-23(30)27(14-17-5-7-18(31-2)8-6-17)15-22(29)24-13-19-4-3-11-32-19/h5-8,12,19H,3-4,9-11,13-15H2,1-2H3,(H,24,29)(H,25,26,28)/t19-/m1/s1. The number of nitrogens with zero attached hydrogens (tertiary/aromatic N) is 2. The number of benzene rings is 1. The molecule has 3 amide bonds. The maximum atomic E-state index is 12.9. The first kappa shape index (κ1) is 24.2. The average molecular weight is 459 g/mol. The fourth-order valence-electron chi connectivity index (χ4n) is 3.46. The molecule has 2 heterocycles. The third-order valence-electron chi connectivity index (χ3n) is 5.23. The van der Waals surface area contributed by atoms with Crippen LogP contribution in [0.1, 0.15) is 37.0 Å². The molecule has 1 atom stereocenters. The minimum absolute atomic E-state index is 0.0172. The summed E-state index contributed by atoms with van der Waals surface area (Å²) in [5, 5.41) is 9.13. The van der Waals surface area contributed by atoms with Crippen molar-refractivity contribution < 1.29 is 28.4 Å². The van der Waals surface area contributed by atoms with Crippen LogP contribution >= 0.6 is 0 Å². The van der Waals surface area contributed by atoms with Crippen molar-refractivity contribution in [3.05, 3.63) is 41.7 Å². The molecule has 0 radical (unpaired) electrons. The molecule has 0 bridgehead atoms. The zero-order valence-corrected chi connectivity index (χ0v) is 19.0. The molecule has 0 unspecified atom stereocenters. The number of methoxy groups -OCH3 is 1. The van der Waals surface area contributed by atoms with Gasteiger partial charge < -0.3 is 29.5 Å². The van der Waals surface area contributed by atoms with Crippen LogP contribution in [-0.4, -0.2) is 60.7 Å². The van der Waals surface area contributed by atoms with Crippen molar-refractivity contribution in [2.75, 3.05) is 32.1 Å². The minimum atomic E-state index is -0.358. The normalized spacial score (nSPS) is 15.2. The lowest BCUT2D eigenvalue weighted by Gasteiger charge is -2.23. The van der Waals surface area contributed by atoms with Crippen molar-refractivity contribution in [2.45, 2.75) is 45.3 Å². The van der Waals surface area contributed by atoms with Crippen molar-refractivity contribution in [2.24, 2.45) is 0 Å². The molecule has 0 saturated carbocycles. The molecule has 1 fully saturated rings. The van der Waals surface area contributed by atoms with Crippen LogP contribution in [0.15, 0.2) is 34.9 Å². The van der Waals surface area contributed by atoms with E-state index in [9.17, 15) is 14.4 Å². The maximum absolute atomic E-state index is 12.9. The molecule has 1 aromatic carbocycles. The monoisotopic (exact) mass is 458 g/mol. The van der Waals surface area contributed by atoms with Crippen LogP contribution < -0.4 is 15.4 Å². The predicted molar refractivity (Wildman–Crippen MR) is 119 cm³/mol. The smallest absolute Gasteiger partial charge is 0.239 e. The van der Waals surface area contributed by atoms with Gasteiger partial charge in [0.2, 0.25) is 17.7 Å². The van der Waals surface area contributed by atoms with Crippen molar-refractivity contribution in [3.8, 4) is 5.75 Å². The molecule has 2 N–H and O–H groups in total. The first-order valence-electron chi connectivity index (χ1n) is 10.9. The topological polar surface area (TPSA) is 123 Å². The molecule has 0 aliphatic carbocycles. The second-order valence-electron chi connectivity index (χ2n) is 7.91. The molecule has 3 rings (SSSR count). The summed E-state index contributed by atoms with van der Waals surface area (Å²) in [7, 11) is 1.58. The summed E-state index contributed by atoms with van der Waals surface area (Å²) in [6.07, 6.45) is 1.83. The number of carbonyl (C=O) groups is 3. The number of nitrogens with one attached hydrogen (secondary N) is 2. The van der Waals surface area contributed by atoms with Crippen molar-refractivity contribution >= 4 is 23.5 Å². The molecule has 10 heteroatoms. The maximum Gasteiger partial charge on any atom is 0.239 e. The van der Waals surface area contributed by atoms with Crippen molar-refractivity contribution in [3.63, 3.8) is 0 Å². The molecule has 10 nitrogen and oxygen atoms in total. The van der Waals surface area contributed by atoms with E-state index in [4.69, 9.17) is 14.0 Å². The van der Waals surface area contributed by atoms with Gasteiger partial charge in [0, 0.05) is 38.6 Å². The Hall–Kier alpha value is -3.40. The Morgan fingerprint density at radius 1 is 1.18 bits per heavy atom. The second-order valence-corrected chi connectivity index (χ2v) is 7.91. The van der Waals surface area contributed by atoms with Gasteiger partial charge in [-0.2, -0.15) is 0 Å². The van der Waals surface area contributed by atoms with E-state index in [1.54, 1.807) is 32.2 Å². The van der Waals surface area contributed by atoms with E-state index in [-0.39, 0.29) is 49.8 Å². The molecular formula is C23H30N4O6. The van der Waals surface area contributed by atoms with Crippen LogP contribution in [0.2, 0.25) is 0 Å². The molecule has 33 heavy (non-hydrogen) atoms. The van der Waals surface area contributed by atoms with Gasteiger partial charge in [-0.1, -0.05) is 17.3 Å². The number of aryl methyl sites for hydroxylation is 1. The van der Waals surface area contributed by atoms with Crippen molar-refractivity contribution in [1.29, 1.82) is 0 Å². The highest BCUT2D eigenvalue weighted by molar-refractivity contribution is 5.93. The Bertz CT molecular complexity index is 937. The third kappa shape index (κ3) is 7.90. The Morgan fingerprint density at radius 2 is 1.97 bits per heavy atom. The van der Waals surface area contributed by atoms with Gasteiger partial charge in [-0.3, -0.25) is 14.4 Å². The summed E-state index contributed by atoms with van der Waals surface area (Å²) >= 11 is 0. The van der Waals surface area contributed by atoms with E-state index < -0.39 is 0 Å². The number of aromatic nitrogens is 1. The van der Waals surface area contributed by atoms with E-state index in [1.807, 2.05) is 12.1 Å². The highest BCUT2D eigenvalue weighted by atomic mass is 16.5. The van der Waals surface area contributed by atoms with Gasteiger partial charge in [0.05, 0.1) is 19.8 Å². The number of hydrogen-bond donors (Lipinski definition) is 2. The van der Waals surface area contributed by atoms with Crippen molar-refractivity contribution in [1.82, 2.24) is 15.4 Å². The number of rotatable bonds is 11. The third-order valence-corrected chi connectivity index (χ3v) is 5.23. The van der Waals surface area contributed by atoms with E-state index in [1.165, 1.54) is 4.90 Å². The Balaban J connectivity index is 1.56. The molecule has 2 aromatic rings. The number of ether oxygens (including phenoxy) is 2. The van der Waals surface area contributed by atoms with Crippen LogP contribution in [0.4, 0.5) is 5.82 Å². The Morgan fingerprint density at radius 3 is 2.61 bits per heavy atom. The Kier molecular flexibility index (Phi) is 8.82. The van der Waals surface area contributed by atoms with Gasteiger partial charge in [0.25, 0.3) is 0 Å². The van der Waals surface area contributed by atoms with E-state index in [0.29, 0.717) is 30.5 Å². The fourth-order valence-corrected chi connectivity index (χ4v) is 3.46. The first-order chi connectivity index (χ1) is 15.9. The molecule has 1 saturated heterocycles. The predicted octanol–water partition coefficient (Wildman–Crippen LogP) is 2.03. The SMILES string of the molecule is COc1ccc(CN(CC(=O)NC[C@H]2CCCO2)C(=O)CCC(=O)Nc2cc(C)on2)cc1.